The van der Waals surface area contributed by atoms with Gasteiger partial charge in [-0.3, -0.25) is 0 Å². The van der Waals surface area contributed by atoms with Crippen molar-refractivity contribution >= 4 is 33.4 Å². The normalized spacial score (nSPS) is 21.4. The van der Waals surface area contributed by atoms with E-state index >= 15 is 0 Å². The Hall–Kier alpha value is -0.240. The lowest BCUT2D eigenvalue weighted by Crippen LogP contribution is -2.39. The van der Waals surface area contributed by atoms with Gasteiger partial charge in [0.2, 0.25) is 0 Å². The number of nitrogens with zero attached hydrogens (tertiary/aromatic N) is 1. The Morgan fingerprint density at radius 1 is 1.62 bits per heavy atom. The second-order valence-corrected chi connectivity index (χ2v) is 8.47. The molecular weight excluding hydrogens is 340 g/mol. The van der Waals surface area contributed by atoms with Crippen molar-refractivity contribution in [3.8, 4) is 0 Å². The van der Waals surface area contributed by atoms with Crippen LogP contribution in [0.3, 0.4) is 0 Å². The number of hydrogen-bond donors (Lipinski definition) is 2. The third kappa shape index (κ3) is 3.75. The molecule has 2 rings (SSSR count). The van der Waals surface area contributed by atoms with Gasteiger partial charge in [-0.25, -0.2) is 8.42 Å². The van der Waals surface area contributed by atoms with E-state index in [0.717, 1.165) is 23.4 Å². The molecule has 0 saturated heterocycles. The molecule has 8 nitrogen and oxygen atoms in total. The molecule has 2 heterocycles. The summed E-state index contributed by atoms with van der Waals surface area (Å²) in [5, 5.41) is 10.1. The standard InChI is InChI=1S/C10H16N2O6S3/c1-16-4-2-3-12-6-8(13)7-5-9(20-18-17-11)19-10(7)21(12,14)15/h5,8,13H,2-4,6,11H2,1H3/t8-/m0/s1. The Morgan fingerprint density at radius 3 is 3.05 bits per heavy atom. The van der Waals surface area contributed by atoms with E-state index in [0.29, 0.717) is 29.3 Å². The predicted molar refractivity (Wildman–Crippen MR) is 76.7 cm³/mol. The van der Waals surface area contributed by atoms with Crippen molar-refractivity contribution in [1.29, 1.82) is 0 Å². The third-order valence-corrected chi connectivity index (χ3v) is 7.14. The number of β-amino-alcohol motifs (C(OH)–C–C–N with tert-alkyl or cyclic N) is 1. The van der Waals surface area contributed by atoms with E-state index in [4.69, 9.17) is 10.6 Å². The fourth-order valence-corrected chi connectivity index (χ4v) is 6.03. The van der Waals surface area contributed by atoms with Gasteiger partial charge in [-0.15, -0.1) is 20.7 Å². The zero-order chi connectivity index (χ0) is 15.5. The van der Waals surface area contributed by atoms with Crippen LogP contribution < -0.4 is 5.90 Å². The van der Waals surface area contributed by atoms with Gasteiger partial charge in [0.15, 0.2) is 0 Å². The molecule has 0 bridgehead atoms. The topological polar surface area (TPSA) is 111 Å². The molecule has 21 heavy (non-hydrogen) atoms. The second kappa shape index (κ2) is 7.35. The fourth-order valence-electron chi connectivity index (χ4n) is 2.00. The van der Waals surface area contributed by atoms with Crippen LogP contribution in [0.25, 0.3) is 0 Å². The molecule has 0 amide bonds. The summed E-state index contributed by atoms with van der Waals surface area (Å²) in [6, 6.07) is 1.57. The number of thiophene rings is 1. The van der Waals surface area contributed by atoms with Gasteiger partial charge in [0.25, 0.3) is 10.0 Å². The van der Waals surface area contributed by atoms with Gasteiger partial charge < -0.3 is 9.84 Å². The van der Waals surface area contributed by atoms with Crippen LogP contribution in [0, 0.1) is 0 Å². The summed E-state index contributed by atoms with van der Waals surface area (Å²) in [5.74, 6) is 4.74. The number of rotatable bonds is 7. The average Bonchev–Trinajstić information content (AvgIpc) is 2.88. The van der Waals surface area contributed by atoms with E-state index in [2.05, 4.69) is 9.32 Å². The molecule has 120 valence electrons. The molecule has 11 heteroatoms. The van der Waals surface area contributed by atoms with Crippen molar-refractivity contribution in [3.63, 3.8) is 0 Å². The summed E-state index contributed by atoms with van der Waals surface area (Å²) in [5.41, 5.74) is 0.381. The molecule has 0 aromatic carbocycles. The van der Waals surface area contributed by atoms with Gasteiger partial charge in [0.05, 0.1) is 22.4 Å². The quantitative estimate of drug-likeness (QED) is 0.317. The van der Waals surface area contributed by atoms with Gasteiger partial charge in [0.1, 0.15) is 4.21 Å². The summed E-state index contributed by atoms with van der Waals surface area (Å²) < 4.78 is 36.4. The Bertz CT molecular complexity index is 575. The molecule has 0 aliphatic carbocycles. The van der Waals surface area contributed by atoms with Crippen LogP contribution in [0.15, 0.2) is 14.5 Å². The van der Waals surface area contributed by atoms with E-state index in [9.17, 15) is 13.5 Å². The van der Waals surface area contributed by atoms with Crippen LogP contribution in [0.1, 0.15) is 18.1 Å². The predicted octanol–water partition coefficient (Wildman–Crippen LogP) is 0.651. The molecule has 0 fully saturated rings. The van der Waals surface area contributed by atoms with E-state index in [1.807, 2.05) is 0 Å². The van der Waals surface area contributed by atoms with Crippen molar-refractivity contribution in [2.24, 2.45) is 5.90 Å². The molecule has 1 aliphatic heterocycles. The van der Waals surface area contributed by atoms with Gasteiger partial charge in [-0.05, 0) is 12.5 Å². The monoisotopic (exact) mass is 356 g/mol. The summed E-state index contributed by atoms with van der Waals surface area (Å²) in [6.07, 6.45) is -0.301. The minimum absolute atomic E-state index is 0.0358. The molecule has 0 unspecified atom stereocenters. The van der Waals surface area contributed by atoms with Crippen LogP contribution in [0.2, 0.25) is 0 Å². The zero-order valence-corrected chi connectivity index (χ0v) is 13.7. The van der Waals surface area contributed by atoms with Crippen LogP contribution in [-0.2, 0) is 24.1 Å². The van der Waals surface area contributed by atoms with Crippen molar-refractivity contribution in [1.82, 2.24) is 4.31 Å². The van der Waals surface area contributed by atoms with E-state index in [-0.39, 0.29) is 10.8 Å². The van der Waals surface area contributed by atoms with Gasteiger partial charge >= 0.3 is 0 Å². The average molecular weight is 356 g/mol. The van der Waals surface area contributed by atoms with Crippen LogP contribution in [0.5, 0.6) is 0 Å². The highest BCUT2D eigenvalue weighted by Crippen LogP contribution is 2.42. The second-order valence-electron chi connectivity index (χ2n) is 4.28. The minimum atomic E-state index is -3.61. The van der Waals surface area contributed by atoms with Crippen molar-refractivity contribution in [2.45, 2.75) is 20.9 Å². The molecule has 0 saturated carbocycles. The number of nitrogens with two attached hydrogens (primary N) is 1. The highest BCUT2D eigenvalue weighted by molar-refractivity contribution is 7.97. The zero-order valence-electron chi connectivity index (χ0n) is 11.2. The molecule has 1 aliphatic rings. The lowest BCUT2D eigenvalue weighted by molar-refractivity contribution is -0.195. The Labute approximate surface area is 130 Å². The van der Waals surface area contributed by atoms with Gasteiger partial charge in [-0.2, -0.15) is 10.2 Å². The van der Waals surface area contributed by atoms with Crippen molar-refractivity contribution < 1.29 is 27.6 Å². The fraction of sp³-hybridized carbons (Fsp3) is 0.600. The third-order valence-electron chi connectivity index (χ3n) is 2.92. The lowest BCUT2D eigenvalue weighted by Gasteiger charge is -2.29. The molecule has 3 N–H and O–H groups in total. The first-order valence-electron chi connectivity index (χ1n) is 6.01. The first-order chi connectivity index (χ1) is 10.0. The number of aliphatic hydroxyl groups is 1. The Morgan fingerprint density at radius 2 is 2.38 bits per heavy atom. The number of fused-ring (bicyclic) bond motifs is 1. The number of hydrogen-bond acceptors (Lipinski definition) is 9. The first-order valence-corrected chi connectivity index (χ1v) is 9.01. The summed E-state index contributed by atoms with van der Waals surface area (Å²) >= 11 is 1.81. The lowest BCUT2D eigenvalue weighted by atomic mass is 10.2. The molecule has 1 atom stereocenters. The number of methoxy groups -OCH3 is 1. The number of ether oxygens (including phenoxy) is 1. The van der Waals surface area contributed by atoms with Crippen LogP contribution >= 0.6 is 23.4 Å². The SMILES string of the molecule is COCCCN1C[C@H](O)c2cc(SOON)sc2S1(=O)=O. The largest absolute Gasteiger partial charge is 0.387 e. The highest BCUT2D eigenvalue weighted by atomic mass is 32.3. The number of sulfonamides is 1. The molecule has 0 spiro atoms. The van der Waals surface area contributed by atoms with Gasteiger partial charge in [0, 0.05) is 32.4 Å². The smallest absolute Gasteiger partial charge is 0.253 e. The maximum atomic E-state index is 12.5. The first kappa shape index (κ1) is 17.1. The number of aliphatic hydroxyl groups excluding tert-OH is 1. The van der Waals surface area contributed by atoms with Crippen LogP contribution in [0.4, 0.5) is 0 Å². The maximum Gasteiger partial charge on any atom is 0.253 e. The van der Waals surface area contributed by atoms with E-state index in [1.165, 1.54) is 4.31 Å². The molecule has 1 aromatic rings. The molecular formula is C10H16N2O6S3. The van der Waals surface area contributed by atoms with Crippen molar-refractivity contribution in [2.75, 3.05) is 26.8 Å². The van der Waals surface area contributed by atoms with Crippen molar-refractivity contribution in [3.05, 3.63) is 11.6 Å². The maximum absolute atomic E-state index is 12.5. The summed E-state index contributed by atoms with van der Waals surface area (Å²) in [4.78, 5) is 3.98. The minimum Gasteiger partial charge on any atom is -0.387 e. The molecule has 1 aromatic heterocycles. The highest BCUT2D eigenvalue weighted by Gasteiger charge is 2.38. The molecule has 0 radical (unpaired) electrons. The van der Waals surface area contributed by atoms with Gasteiger partial charge in [-0.1, -0.05) is 0 Å². The summed E-state index contributed by atoms with van der Waals surface area (Å²) in [6.45, 7) is 0.797. The van der Waals surface area contributed by atoms with Crippen LogP contribution in [-0.4, -0.2) is 44.6 Å². The van der Waals surface area contributed by atoms with E-state index < -0.39 is 16.1 Å². The Balaban J connectivity index is 2.22. The summed E-state index contributed by atoms with van der Waals surface area (Å²) in [7, 11) is -2.05. The Kier molecular flexibility index (Phi) is 5.99. The van der Waals surface area contributed by atoms with E-state index in [1.54, 1.807) is 13.2 Å².